The predicted molar refractivity (Wildman–Crippen MR) is 50.2 cm³/mol. The van der Waals surface area contributed by atoms with Gasteiger partial charge in [-0.1, -0.05) is 13.3 Å². The molecule has 1 fully saturated rings. The molecule has 0 aromatic heterocycles. The molecule has 0 bridgehead atoms. The summed E-state index contributed by atoms with van der Waals surface area (Å²) < 4.78 is 0. The van der Waals surface area contributed by atoms with Crippen LogP contribution in [-0.4, -0.2) is 30.4 Å². The Morgan fingerprint density at radius 3 is 2.55 bits per heavy atom. The monoisotopic (exact) mass is 175 g/mol. The molecule has 2 heteroatoms. The van der Waals surface area contributed by atoms with E-state index in [0.29, 0.717) is 0 Å². The summed E-state index contributed by atoms with van der Waals surface area (Å²) in [7, 11) is 0. The first-order chi connectivity index (χ1) is 5.36. The van der Waals surface area contributed by atoms with Crippen LogP contribution in [0.1, 0.15) is 26.2 Å². The molecule has 1 rings (SSSR count). The Morgan fingerprint density at radius 1 is 1.45 bits per heavy atom. The predicted octanol–water partition coefficient (Wildman–Crippen LogP) is 2.35. The van der Waals surface area contributed by atoms with Crippen molar-refractivity contribution < 1.29 is 0 Å². The highest BCUT2D eigenvalue weighted by atomic mass is 35.5. The topological polar surface area (TPSA) is 3.24 Å². The van der Waals surface area contributed by atoms with Crippen LogP contribution in [0.5, 0.6) is 0 Å². The normalized spacial score (nSPS) is 18.8. The minimum atomic E-state index is 0.778. The van der Waals surface area contributed by atoms with E-state index in [1.807, 2.05) is 0 Å². The summed E-state index contributed by atoms with van der Waals surface area (Å²) in [4.78, 5) is 2.46. The van der Waals surface area contributed by atoms with Gasteiger partial charge in [-0.05, 0) is 25.3 Å². The first-order valence-electron chi connectivity index (χ1n) is 4.65. The van der Waals surface area contributed by atoms with Crippen molar-refractivity contribution in [3.8, 4) is 0 Å². The molecule has 0 saturated heterocycles. The molecule has 0 aromatic carbocycles. The first kappa shape index (κ1) is 9.34. The highest BCUT2D eigenvalue weighted by Gasteiger charge is 2.19. The van der Waals surface area contributed by atoms with Crippen molar-refractivity contribution in [2.45, 2.75) is 26.2 Å². The SMILES string of the molecule is CCN(CCCl)CC1CCC1. The Balaban J connectivity index is 2.08. The molecule has 1 saturated carbocycles. The van der Waals surface area contributed by atoms with Gasteiger partial charge < -0.3 is 4.90 Å². The van der Waals surface area contributed by atoms with Crippen LogP contribution in [0.15, 0.2) is 0 Å². The van der Waals surface area contributed by atoms with Crippen LogP contribution in [0.4, 0.5) is 0 Å². The zero-order chi connectivity index (χ0) is 8.10. The van der Waals surface area contributed by atoms with Crippen molar-refractivity contribution >= 4 is 11.6 Å². The molecule has 11 heavy (non-hydrogen) atoms. The number of hydrogen-bond acceptors (Lipinski definition) is 1. The van der Waals surface area contributed by atoms with Crippen LogP contribution in [0, 0.1) is 5.92 Å². The molecule has 0 radical (unpaired) electrons. The van der Waals surface area contributed by atoms with Gasteiger partial charge in [0.15, 0.2) is 0 Å². The lowest BCUT2D eigenvalue weighted by Gasteiger charge is -2.31. The minimum absolute atomic E-state index is 0.778. The summed E-state index contributed by atoms with van der Waals surface area (Å²) in [5.41, 5.74) is 0. The van der Waals surface area contributed by atoms with E-state index in [1.54, 1.807) is 0 Å². The summed E-state index contributed by atoms with van der Waals surface area (Å²) >= 11 is 5.68. The fourth-order valence-corrected chi connectivity index (χ4v) is 1.78. The zero-order valence-corrected chi connectivity index (χ0v) is 8.11. The van der Waals surface area contributed by atoms with E-state index in [4.69, 9.17) is 11.6 Å². The van der Waals surface area contributed by atoms with Crippen molar-refractivity contribution in [3.05, 3.63) is 0 Å². The Labute approximate surface area is 74.7 Å². The third-order valence-corrected chi connectivity index (χ3v) is 2.76. The summed E-state index contributed by atoms with van der Waals surface area (Å²) in [5.74, 6) is 1.76. The average molecular weight is 176 g/mol. The lowest BCUT2D eigenvalue weighted by atomic mass is 9.85. The average Bonchev–Trinajstić information content (AvgIpc) is 1.94. The summed E-state index contributed by atoms with van der Waals surface area (Å²) in [5, 5.41) is 0. The van der Waals surface area contributed by atoms with Crippen LogP contribution in [-0.2, 0) is 0 Å². The maximum Gasteiger partial charge on any atom is 0.0351 e. The molecular weight excluding hydrogens is 158 g/mol. The van der Waals surface area contributed by atoms with Gasteiger partial charge >= 0.3 is 0 Å². The highest BCUT2D eigenvalue weighted by Crippen LogP contribution is 2.26. The molecule has 0 heterocycles. The van der Waals surface area contributed by atoms with E-state index in [1.165, 1.54) is 25.8 Å². The van der Waals surface area contributed by atoms with Crippen molar-refractivity contribution in [1.82, 2.24) is 4.90 Å². The van der Waals surface area contributed by atoms with Crippen LogP contribution in [0.2, 0.25) is 0 Å². The van der Waals surface area contributed by atoms with Crippen LogP contribution in [0.3, 0.4) is 0 Å². The van der Waals surface area contributed by atoms with Crippen molar-refractivity contribution in [3.63, 3.8) is 0 Å². The van der Waals surface area contributed by atoms with Gasteiger partial charge in [-0.15, -0.1) is 11.6 Å². The number of alkyl halides is 1. The number of halogens is 1. The maximum absolute atomic E-state index is 5.68. The third-order valence-electron chi connectivity index (χ3n) is 2.59. The lowest BCUT2D eigenvalue weighted by molar-refractivity contribution is 0.191. The van der Waals surface area contributed by atoms with Crippen LogP contribution >= 0.6 is 11.6 Å². The van der Waals surface area contributed by atoms with E-state index < -0.39 is 0 Å². The minimum Gasteiger partial charge on any atom is -0.302 e. The Hall–Kier alpha value is 0.250. The Morgan fingerprint density at radius 2 is 2.18 bits per heavy atom. The van der Waals surface area contributed by atoms with Crippen molar-refractivity contribution in [2.75, 3.05) is 25.5 Å². The van der Waals surface area contributed by atoms with E-state index >= 15 is 0 Å². The number of nitrogens with zero attached hydrogens (tertiary/aromatic N) is 1. The number of rotatable bonds is 5. The molecular formula is C9H18ClN. The molecule has 1 aliphatic carbocycles. The van der Waals surface area contributed by atoms with Crippen molar-refractivity contribution in [2.24, 2.45) is 5.92 Å². The van der Waals surface area contributed by atoms with Crippen molar-refractivity contribution in [1.29, 1.82) is 0 Å². The van der Waals surface area contributed by atoms with Crippen LogP contribution < -0.4 is 0 Å². The highest BCUT2D eigenvalue weighted by molar-refractivity contribution is 6.18. The van der Waals surface area contributed by atoms with E-state index in [2.05, 4.69) is 11.8 Å². The molecule has 1 aliphatic rings. The molecule has 0 unspecified atom stereocenters. The Kier molecular flexibility index (Phi) is 4.24. The summed E-state index contributed by atoms with van der Waals surface area (Å²) in [6, 6.07) is 0. The summed E-state index contributed by atoms with van der Waals surface area (Å²) in [6.07, 6.45) is 4.33. The molecule has 0 aromatic rings. The molecule has 0 atom stereocenters. The van der Waals surface area contributed by atoms with Gasteiger partial charge in [0, 0.05) is 19.0 Å². The van der Waals surface area contributed by atoms with E-state index in [0.717, 1.165) is 24.9 Å². The summed E-state index contributed by atoms with van der Waals surface area (Å²) in [6.45, 7) is 5.71. The van der Waals surface area contributed by atoms with Gasteiger partial charge in [0.25, 0.3) is 0 Å². The molecule has 66 valence electrons. The van der Waals surface area contributed by atoms with Gasteiger partial charge in [0.2, 0.25) is 0 Å². The molecule has 0 spiro atoms. The first-order valence-corrected chi connectivity index (χ1v) is 5.18. The lowest BCUT2D eigenvalue weighted by Crippen LogP contribution is -2.33. The Bertz CT molecular complexity index is 102. The fourth-order valence-electron chi connectivity index (χ4n) is 1.54. The molecule has 0 aliphatic heterocycles. The second-order valence-corrected chi connectivity index (χ2v) is 3.76. The van der Waals surface area contributed by atoms with E-state index in [-0.39, 0.29) is 0 Å². The quantitative estimate of drug-likeness (QED) is 0.580. The third kappa shape index (κ3) is 3.00. The molecule has 0 amide bonds. The van der Waals surface area contributed by atoms with Gasteiger partial charge in [0.05, 0.1) is 0 Å². The zero-order valence-electron chi connectivity index (χ0n) is 7.35. The standard InChI is InChI=1S/C9H18ClN/c1-2-11(7-6-10)8-9-4-3-5-9/h9H,2-8H2,1H3. The van der Waals surface area contributed by atoms with Crippen LogP contribution in [0.25, 0.3) is 0 Å². The fraction of sp³-hybridized carbons (Fsp3) is 1.00. The smallest absolute Gasteiger partial charge is 0.0351 e. The van der Waals surface area contributed by atoms with Gasteiger partial charge in [-0.3, -0.25) is 0 Å². The molecule has 1 nitrogen and oxygen atoms in total. The second-order valence-electron chi connectivity index (χ2n) is 3.38. The van der Waals surface area contributed by atoms with Gasteiger partial charge in [0.1, 0.15) is 0 Å². The maximum atomic E-state index is 5.68. The van der Waals surface area contributed by atoms with Gasteiger partial charge in [-0.2, -0.15) is 0 Å². The molecule has 0 N–H and O–H groups in total. The second kappa shape index (κ2) is 5.00. The van der Waals surface area contributed by atoms with E-state index in [9.17, 15) is 0 Å². The largest absolute Gasteiger partial charge is 0.302 e. The number of hydrogen-bond donors (Lipinski definition) is 0. The van der Waals surface area contributed by atoms with Gasteiger partial charge in [-0.25, -0.2) is 0 Å².